The van der Waals surface area contributed by atoms with E-state index in [4.69, 9.17) is 0 Å². The Morgan fingerprint density at radius 1 is 1.36 bits per heavy atom. The Morgan fingerprint density at radius 2 is 2.21 bits per heavy atom. The minimum atomic E-state index is -0.280. The van der Waals surface area contributed by atoms with Crippen LogP contribution in [0.15, 0.2) is 24.5 Å². The highest BCUT2D eigenvalue weighted by Crippen LogP contribution is 2.31. The number of pyridine rings is 1. The Labute approximate surface area is 78.7 Å². The lowest BCUT2D eigenvalue weighted by Gasteiger charge is -1.94. The molecule has 0 amide bonds. The van der Waals surface area contributed by atoms with Crippen molar-refractivity contribution in [2.45, 2.75) is 0 Å². The smallest absolute Gasteiger partial charge is 0.268 e. The van der Waals surface area contributed by atoms with E-state index in [2.05, 4.69) is 9.97 Å². The molecular formula is C9H5N3O2. The highest BCUT2D eigenvalue weighted by Gasteiger charge is 2.30. The van der Waals surface area contributed by atoms with Crippen molar-refractivity contribution in [2.75, 3.05) is 0 Å². The molecule has 3 heterocycles. The second kappa shape index (κ2) is 2.20. The minimum absolute atomic E-state index is 0.150. The summed E-state index contributed by atoms with van der Waals surface area (Å²) in [5.41, 5.74) is 1.00. The predicted molar refractivity (Wildman–Crippen MR) is 46.9 cm³/mol. The van der Waals surface area contributed by atoms with E-state index in [0.29, 0.717) is 17.1 Å². The van der Waals surface area contributed by atoms with Crippen molar-refractivity contribution in [3.05, 3.63) is 30.1 Å². The number of hydrogen-bond acceptors (Lipinski definition) is 4. The van der Waals surface area contributed by atoms with Crippen molar-refractivity contribution < 1.29 is 9.90 Å². The van der Waals surface area contributed by atoms with Gasteiger partial charge >= 0.3 is 0 Å². The summed E-state index contributed by atoms with van der Waals surface area (Å²) in [6, 6.07) is 3.35. The molecule has 0 aromatic carbocycles. The van der Waals surface area contributed by atoms with Gasteiger partial charge in [-0.05, 0) is 12.1 Å². The van der Waals surface area contributed by atoms with E-state index in [1.54, 1.807) is 18.3 Å². The van der Waals surface area contributed by atoms with Crippen molar-refractivity contribution >= 4 is 5.91 Å². The largest absolute Gasteiger partial charge is 0.493 e. The van der Waals surface area contributed by atoms with Crippen molar-refractivity contribution in [1.29, 1.82) is 0 Å². The van der Waals surface area contributed by atoms with Crippen LogP contribution in [0, 0.1) is 0 Å². The van der Waals surface area contributed by atoms with Gasteiger partial charge in [0, 0.05) is 6.20 Å². The maximum Gasteiger partial charge on any atom is 0.268 e. The molecule has 0 spiro atoms. The fourth-order valence-corrected chi connectivity index (χ4v) is 1.59. The molecule has 0 fully saturated rings. The van der Waals surface area contributed by atoms with Crippen LogP contribution in [0.4, 0.5) is 0 Å². The molecule has 3 rings (SSSR count). The molecule has 0 aliphatic carbocycles. The summed E-state index contributed by atoms with van der Waals surface area (Å²) in [6.45, 7) is 0. The van der Waals surface area contributed by atoms with Gasteiger partial charge in [-0.1, -0.05) is 0 Å². The van der Waals surface area contributed by atoms with Gasteiger partial charge in [-0.3, -0.25) is 9.78 Å². The molecule has 0 atom stereocenters. The molecule has 0 bridgehead atoms. The SMILES string of the molecule is O=C1c2cccnc2-c2ncc(O)n21. The summed E-state index contributed by atoms with van der Waals surface area (Å²) in [5, 5.41) is 9.37. The molecular weight excluding hydrogens is 182 g/mol. The van der Waals surface area contributed by atoms with E-state index in [-0.39, 0.29) is 11.8 Å². The lowest BCUT2D eigenvalue weighted by molar-refractivity contribution is 0.0961. The first kappa shape index (κ1) is 7.25. The Balaban J connectivity index is 2.42. The van der Waals surface area contributed by atoms with Gasteiger partial charge in [-0.15, -0.1) is 0 Å². The molecule has 0 unspecified atom stereocenters. The molecule has 1 aliphatic rings. The van der Waals surface area contributed by atoms with Crippen molar-refractivity contribution in [3.8, 4) is 17.4 Å². The number of fused-ring (bicyclic) bond motifs is 3. The van der Waals surface area contributed by atoms with E-state index < -0.39 is 0 Å². The number of nitrogens with zero attached hydrogens (tertiary/aromatic N) is 3. The first-order valence-corrected chi connectivity index (χ1v) is 4.06. The summed E-state index contributed by atoms with van der Waals surface area (Å²) in [6.07, 6.45) is 2.83. The molecule has 2 aromatic rings. The van der Waals surface area contributed by atoms with Gasteiger partial charge in [0.05, 0.1) is 11.8 Å². The van der Waals surface area contributed by atoms with Crippen LogP contribution >= 0.6 is 0 Å². The summed E-state index contributed by atoms with van der Waals surface area (Å²) >= 11 is 0. The van der Waals surface area contributed by atoms with Gasteiger partial charge in [0.25, 0.3) is 5.91 Å². The van der Waals surface area contributed by atoms with Crippen LogP contribution in [0.3, 0.4) is 0 Å². The van der Waals surface area contributed by atoms with Crippen molar-refractivity contribution in [2.24, 2.45) is 0 Å². The quantitative estimate of drug-likeness (QED) is 0.561. The second-order valence-corrected chi connectivity index (χ2v) is 2.98. The van der Waals surface area contributed by atoms with E-state index in [1.165, 1.54) is 6.20 Å². The van der Waals surface area contributed by atoms with E-state index in [1.807, 2.05) is 0 Å². The van der Waals surface area contributed by atoms with Crippen LogP contribution in [0.5, 0.6) is 5.88 Å². The van der Waals surface area contributed by atoms with Crippen LogP contribution in [0.2, 0.25) is 0 Å². The number of carbonyl (C=O) groups excluding carboxylic acids is 1. The van der Waals surface area contributed by atoms with Crippen molar-refractivity contribution in [1.82, 2.24) is 14.5 Å². The first-order chi connectivity index (χ1) is 6.79. The Morgan fingerprint density at radius 3 is 3.07 bits per heavy atom. The lowest BCUT2D eigenvalue weighted by Crippen LogP contribution is -2.04. The van der Waals surface area contributed by atoms with Gasteiger partial charge in [-0.2, -0.15) is 0 Å². The molecule has 5 nitrogen and oxygen atoms in total. The van der Waals surface area contributed by atoms with Crippen LogP contribution in [-0.4, -0.2) is 25.5 Å². The summed E-state index contributed by atoms with van der Waals surface area (Å²) in [5.74, 6) is -0.0239. The average molecular weight is 187 g/mol. The van der Waals surface area contributed by atoms with Crippen LogP contribution in [0.25, 0.3) is 11.5 Å². The molecule has 5 heteroatoms. The molecule has 0 saturated heterocycles. The fourth-order valence-electron chi connectivity index (χ4n) is 1.59. The second-order valence-electron chi connectivity index (χ2n) is 2.98. The number of hydrogen-bond donors (Lipinski definition) is 1. The summed E-state index contributed by atoms with van der Waals surface area (Å²) in [4.78, 5) is 19.7. The predicted octanol–water partition coefficient (Wildman–Crippen LogP) is 0.653. The maximum atomic E-state index is 11.7. The average Bonchev–Trinajstić information content (AvgIpc) is 2.70. The van der Waals surface area contributed by atoms with Gasteiger partial charge < -0.3 is 5.11 Å². The minimum Gasteiger partial charge on any atom is -0.493 e. The molecule has 14 heavy (non-hydrogen) atoms. The number of imidazole rings is 1. The fraction of sp³-hybridized carbons (Fsp3) is 0. The highest BCUT2D eigenvalue weighted by molar-refractivity contribution is 6.07. The topological polar surface area (TPSA) is 68.0 Å². The first-order valence-electron chi connectivity index (χ1n) is 4.06. The zero-order chi connectivity index (χ0) is 9.71. The van der Waals surface area contributed by atoms with Crippen LogP contribution in [0.1, 0.15) is 10.4 Å². The van der Waals surface area contributed by atoms with Crippen LogP contribution in [-0.2, 0) is 0 Å². The Bertz CT molecular complexity index is 545. The van der Waals surface area contributed by atoms with Gasteiger partial charge in [0.1, 0.15) is 5.69 Å². The molecule has 0 saturated carbocycles. The van der Waals surface area contributed by atoms with Gasteiger partial charge in [0.15, 0.2) is 5.82 Å². The Kier molecular flexibility index (Phi) is 1.14. The molecule has 1 aliphatic heterocycles. The normalized spacial score (nSPS) is 12.7. The number of aromatic nitrogens is 3. The van der Waals surface area contributed by atoms with Crippen LogP contribution < -0.4 is 0 Å². The third-order valence-corrected chi connectivity index (χ3v) is 2.20. The number of carbonyl (C=O) groups is 1. The summed E-state index contributed by atoms with van der Waals surface area (Å²) < 4.78 is 1.15. The maximum absolute atomic E-state index is 11.7. The van der Waals surface area contributed by atoms with Gasteiger partial charge in [0.2, 0.25) is 5.88 Å². The monoisotopic (exact) mass is 187 g/mol. The molecule has 2 aromatic heterocycles. The Hall–Kier alpha value is -2.17. The zero-order valence-electron chi connectivity index (χ0n) is 7.01. The number of rotatable bonds is 0. The molecule has 1 N–H and O–H groups in total. The van der Waals surface area contributed by atoms with E-state index >= 15 is 0 Å². The van der Waals surface area contributed by atoms with Gasteiger partial charge in [-0.25, -0.2) is 9.55 Å². The third-order valence-electron chi connectivity index (χ3n) is 2.20. The molecule has 68 valence electrons. The number of aromatic hydroxyl groups is 1. The third kappa shape index (κ3) is 0.670. The van der Waals surface area contributed by atoms with Crippen molar-refractivity contribution in [3.63, 3.8) is 0 Å². The summed E-state index contributed by atoms with van der Waals surface area (Å²) in [7, 11) is 0. The lowest BCUT2D eigenvalue weighted by atomic mass is 10.2. The molecule has 0 radical (unpaired) electrons. The van der Waals surface area contributed by atoms with E-state index in [0.717, 1.165) is 4.57 Å². The highest BCUT2D eigenvalue weighted by atomic mass is 16.3. The zero-order valence-corrected chi connectivity index (χ0v) is 7.01. The van der Waals surface area contributed by atoms with E-state index in [9.17, 15) is 9.90 Å². The standard InChI is InChI=1S/C9H5N3O2/c13-6-4-11-8-7-5(2-1-3-10-7)9(14)12(6)8/h1-4,13H.